The van der Waals surface area contributed by atoms with Crippen molar-refractivity contribution in [1.29, 1.82) is 0 Å². The molecule has 0 saturated heterocycles. The van der Waals surface area contributed by atoms with Crippen LogP contribution in [0.5, 0.6) is 0 Å². The molecule has 0 N–H and O–H groups in total. The van der Waals surface area contributed by atoms with E-state index < -0.39 is 0 Å². The summed E-state index contributed by atoms with van der Waals surface area (Å²) in [4.78, 5) is 0. The van der Waals surface area contributed by atoms with Gasteiger partial charge in [-0.1, -0.05) is 40.5 Å². The zero-order valence-corrected chi connectivity index (χ0v) is 7.98. The smallest absolute Gasteiger partial charge is 0.0380 e. The van der Waals surface area contributed by atoms with Crippen LogP contribution < -0.4 is 0 Å². The van der Waals surface area contributed by atoms with E-state index in [0.29, 0.717) is 0 Å². The van der Waals surface area contributed by atoms with Gasteiger partial charge in [-0.3, -0.25) is 0 Å². The highest BCUT2D eigenvalue weighted by Crippen LogP contribution is 2.62. The van der Waals surface area contributed by atoms with E-state index in [1.807, 2.05) is 13.8 Å². The molecule has 0 unspecified atom stereocenters. The van der Waals surface area contributed by atoms with Gasteiger partial charge in [0.1, 0.15) is 0 Å². The van der Waals surface area contributed by atoms with Crippen LogP contribution in [-0.4, -0.2) is 0 Å². The first kappa shape index (κ1) is 10.0. The first-order chi connectivity index (χ1) is 4.88. The zero-order valence-electron chi connectivity index (χ0n) is 7.98. The molecule has 0 aromatic rings. The molecule has 0 radical (unpaired) electrons. The fourth-order valence-corrected chi connectivity index (χ4v) is 0.552. The summed E-state index contributed by atoms with van der Waals surface area (Å²) in [6.07, 6.45) is 5.81. The summed E-state index contributed by atoms with van der Waals surface area (Å²) in [6.45, 7) is 8.36. The van der Waals surface area contributed by atoms with Gasteiger partial charge in [0.25, 0.3) is 0 Å². The quantitative estimate of drug-likeness (QED) is 0.521. The van der Waals surface area contributed by atoms with Gasteiger partial charge in [-0.05, 0) is 24.7 Å². The predicted molar refractivity (Wildman–Crippen MR) is 48.1 cm³/mol. The van der Waals surface area contributed by atoms with Gasteiger partial charge in [0.2, 0.25) is 0 Å². The van der Waals surface area contributed by atoms with E-state index in [1.54, 1.807) is 12.8 Å². The Morgan fingerprint density at radius 2 is 1.10 bits per heavy atom. The molecular formula is C10H22. The number of unbranched alkanes of at least 4 members (excludes halogenated alkanes) is 1. The Morgan fingerprint density at radius 1 is 0.900 bits per heavy atom. The summed E-state index contributed by atoms with van der Waals surface area (Å²) in [6, 6.07) is 0. The van der Waals surface area contributed by atoms with Crippen LogP contribution in [0.4, 0.5) is 0 Å². The second kappa shape index (κ2) is 5.76. The van der Waals surface area contributed by atoms with Gasteiger partial charge >= 0.3 is 0 Å². The maximum Gasteiger partial charge on any atom is -0.0380 e. The molecule has 62 valence electrons. The van der Waals surface area contributed by atoms with Crippen molar-refractivity contribution < 1.29 is 0 Å². The Labute approximate surface area is 66.0 Å². The molecule has 2 aliphatic carbocycles. The Kier molecular flexibility index (Phi) is 5.76. The van der Waals surface area contributed by atoms with Gasteiger partial charge in [0.05, 0.1) is 0 Å². The fourth-order valence-electron chi connectivity index (χ4n) is 0.552. The SMILES string of the molecule is C1C2CC12.CC.CCCC. The first-order valence-electron chi connectivity index (χ1n) is 4.88. The van der Waals surface area contributed by atoms with Crippen molar-refractivity contribution in [3.05, 3.63) is 0 Å². The topological polar surface area (TPSA) is 0 Å². The van der Waals surface area contributed by atoms with E-state index >= 15 is 0 Å². The molecule has 0 aromatic heterocycles. The van der Waals surface area contributed by atoms with Crippen LogP contribution in [0.15, 0.2) is 0 Å². The summed E-state index contributed by atoms with van der Waals surface area (Å²) in [5.41, 5.74) is 0. The van der Waals surface area contributed by atoms with Gasteiger partial charge < -0.3 is 0 Å². The first-order valence-corrected chi connectivity index (χ1v) is 4.88. The minimum atomic E-state index is 1.25. The summed E-state index contributed by atoms with van der Waals surface area (Å²) in [7, 11) is 0. The van der Waals surface area contributed by atoms with E-state index in [1.165, 1.54) is 24.7 Å². The summed E-state index contributed by atoms with van der Waals surface area (Å²) < 4.78 is 0. The molecule has 0 heteroatoms. The van der Waals surface area contributed by atoms with Crippen LogP contribution in [0.25, 0.3) is 0 Å². The lowest BCUT2D eigenvalue weighted by molar-refractivity contribution is 0.886. The van der Waals surface area contributed by atoms with Gasteiger partial charge in [-0.15, -0.1) is 0 Å². The second-order valence-corrected chi connectivity index (χ2v) is 2.99. The lowest BCUT2D eigenvalue weighted by Crippen LogP contribution is -1.47. The Morgan fingerprint density at radius 3 is 1.10 bits per heavy atom. The minimum Gasteiger partial charge on any atom is -0.0683 e. The zero-order chi connectivity index (χ0) is 7.98. The van der Waals surface area contributed by atoms with E-state index in [-0.39, 0.29) is 0 Å². The van der Waals surface area contributed by atoms with Crippen molar-refractivity contribution in [3.63, 3.8) is 0 Å². The molecule has 0 aliphatic heterocycles. The van der Waals surface area contributed by atoms with Crippen molar-refractivity contribution in [3.8, 4) is 0 Å². The molecule has 2 saturated carbocycles. The Bertz CT molecular complexity index is 52.4. The molecule has 0 heterocycles. The standard InChI is InChI=1S/C4H6.C4H10.C2H6/c1-3-2-4(1)3;1-3-4-2;1-2/h3-4H,1-2H2;3-4H2,1-2H3;1-2H3. The average Bonchev–Trinajstić information content (AvgIpc) is 2.78. The van der Waals surface area contributed by atoms with Crippen LogP contribution >= 0.6 is 0 Å². The van der Waals surface area contributed by atoms with Crippen LogP contribution in [0.3, 0.4) is 0 Å². The van der Waals surface area contributed by atoms with Gasteiger partial charge in [-0.2, -0.15) is 0 Å². The van der Waals surface area contributed by atoms with Gasteiger partial charge in [-0.25, -0.2) is 0 Å². The van der Waals surface area contributed by atoms with E-state index in [4.69, 9.17) is 0 Å². The van der Waals surface area contributed by atoms with Crippen LogP contribution in [0, 0.1) is 11.8 Å². The maximum atomic E-state index is 2.18. The van der Waals surface area contributed by atoms with Crippen molar-refractivity contribution in [2.45, 2.75) is 53.4 Å². The maximum absolute atomic E-state index is 2.18. The molecule has 10 heavy (non-hydrogen) atoms. The third kappa shape index (κ3) is 4.84. The van der Waals surface area contributed by atoms with Crippen molar-refractivity contribution in [2.24, 2.45) is 11.8 Å². The Hall–Kier alpha value is 0. The average molecular weight is 142 g/mol. The molecule has 0 aromatic carbocycles. The molecule has 2 aliphatic rings. The fraction of sp³-hybridized carbons (Fsp3) is 1.00. The molecule has 0 bridgehead atoms. The van der Waals surface area contributed by atoms with Crippen LogP contribution in [0.2, 0.25) is 0 Å². The molecule has 0 nitrogen and oxygen atoms in total. The van der Waals surface area contributed by atoms with Crippen molar-refractivity contribution in [1.82, 2.24) is 0 Å². The van der Waals surface area contributed by atoms with E-state index in [0.717, 1.165) is 0 Å². The highest BCUT2D eigenvalue weighted by molar-refractivity contribution is 5.02. The number of hydrogen-bond donors (Lipinski definition) is 0. The largest absolute Gasteiger partial charge is 0.0683 e. The summed E-state index contributed by atoms with van der Waals surface area (Å²) in [5, 5.41) is 0. The number of rotatable bonds is 1. The minimum absolute atomic E-state index is 1.25. The molecule has 0 spiro atoms. The Balaban J connectivity index is 0.000000131. The number of fused-ring (bicyclic) bond motifs is 1. The summed E-state index contributed by atoms with van der Waals surface area (Å²) >= 11 is 0. The number of hydrogen-bond acceptors (Lipinski definition) is 0. The third-order valence-corrected chi connectivity index (χ3v) is 1.97. The lowest BCUT2D eigenvalue weighted by atomic mass is 10.4. The highest BCUT2D eigenvalue weighted by Gasteiger charge is 2.52. The molecule has 2 rings (SSSR count). The molecular weight excluding hydrogens is 120 g/mol. The molecule has 0 atom stereocenters. The molecule has 2 fully saturated rings. The van der Waals surface area contributed by atoms with E-state index in [9.17, 15) is 0 Å². The predicted octanol–water partition coefficient (Wildman–Crippen LogP) is 3.86. The normalized spacial score (nSPS) is 30.0. The lowest BCUT2D eigenvalue weighted by Gasteiger charge is -1.68. The van der Waals surface area contributed by atoms with Crippen LogP contribution in [-0.2, 0) is 0 Å². The molecule has 0 amide bonds. The van der Waals surface area contributed by atoms with Gasteiger partial charge in [0, 0.05) is 0 Å². The third-order valence-electron chi connectivity index (χ3n) is 1.97. The van der Waals surface area contributed by atoms with Crippen molar-refractivity contribution >= 4 is 0 Å². The van der Waals surface area contributed by atoms with Crippen LogP contribution in [0.1, 0.15) is 53.4 Å². The van der Waals surface area contributed by atoms with E-state index in [2.05, 4.69) is 13.8 Å². The summed E-state index contributed by atoms with van der Waals surface area (Å²) in [5.74, 6) is 2.50. The van der Waals surface area contributed by atoms with Gasteiger partial charge in [0.15, 0.2) is 0 Å². The van der Waals surface area contributed by atoms with Crippen molar-refractivity contribution in [2.75, 3.05) is 0 Å². The highest BCUT2D eigenvalue weighted by atomic mass is 14.6. The monoisotopic (exact) mass is 142 g/mol. The second-order valence-electron chi connectivity index (χ2n) is 2.99.